The third kappa shape index (κ3) is 2.10. The normalized spacial score (nSPS) is 33.1. The number of sulfone groups is 1. The number of ketones is 1. The molecule has 2 aliphatic rings. The first-order chi connectivity index (χ1) is 7.95. The Balaban J connectivity index is 2.42. The van der Waals surface area contributed by atoms with E-state index < -0.39 is 15.1 Å². The third-order valence-corrected chi connectivity index (χ3v) is 5.27. The fraction of sp³-hybridized carbons (Fsp3) is 0.636. The van der Waals surface area contributed by atoms with Gasteiger partial charge in [-0.3, -0.25) is 4.79 Å². The van der Waals surface area contributed by atoms with Crippen LogP contribution in [0.3, 0.4) is 0 Å². The molecule has 17 heavy (non-hydrogen) atoms. The third-order valence-electron chi connectivity index (χ3n) is 3.62. The number of Topliss-reactive ketones (excluding diaryl/α,β-unsaturated/α-hetero) is 1. The Morgan fingerprint density at radius 2 is 2.12 bits per heavy atom. The van der Waals surface area contributed by atoms with Crippen LogP contribution in [-0.4, -0.2) is 36.2 Å². The van der Waals surface area contributed by atoms with E-state index in [4.69, 9.17) is 5.53 Å². The molecule has 0 spiro atoms. The summed E-state index contributed by atoms with van der Waals surface area (Å²) in [6.07, 6.45) is 6.33. The zero-order valence-corrected chi connectivity index (χ0v) is 10.4. The molecule has 2 rings (SSSR count). The molecule has 0 saturated heterocycles. The molecule has 2 aliphatic carbocycles. The maximum absolute atomic E-state index is 11.9. The Kier molecular flexibility index (Phi) is 3.02. The summed E-state index contributed by atoms with van der Waals surface area (Å²) in [6, 6.07) is 0. The van der Waals surface area contributed by atoms with E-state index in [1.165, 1.54) is 12.3 Å². The molecule has 0 aromatic carbocycles. The topological polar surface area (TPSA) is 87.6 Å². The summed E-state index contributed by atoms with van der Waals surface area (Å²) < 4.78 is 23.3. The largest absolute Gasteiger partial charge is 0.361 e. The van der Waals surface area contributed by atoms with E-state index in [2.05, 4.69) is 4.79 Å². The van der Waals surface area contributed by atoms with Gasteiger partial charge in [0.05, 0.1) is 5.25 Å². The Labute approximate surface area is 100 Å². The minimum Gasteiger partial charge on any atom is -0.361 e. The molecular formula is C11H14N2O3S. The van der Waals surface area contributed by atoms with Gasteiger partial charge in [0.2, 0.25) is 5.78 Å². The summed E-state index contributed by atoms with van der Waals surface area (Å²) in [4.78, 5) is 14.9. The van der Waals surface area contributed by atoms with Crippen molar-refractivity contribution < 1.29 is 18.0 Å². The van der Waals surface area contributed by atoms with E-state index >= 15 is 0 Å². The highest BCUT2D eigenvalue weighted by molar-refractivity contribution is 7.91. The minimum atomic E-state index is -3.15. The van der Waals surface area contributed by atoms with Gasteiger partial charge in [0, 0.05) is 24.2 Å². The Morgan fingerprint density at radius 1 is 1.41 bits per heavy atom. The number of rotatable bonds is 1. The maximum atomic E-state index is 11.9. The van der Waals surface area contributed by atoms with Crippen LogP contribution < -0.4 is 0 Å². The fourth-order valence-corrected chi connectivity index (χ4v) is 4.25. The van der Waals surface area contributed by atoms with Crippen LogP contribution >= 0.6 is 0 Å². The predicted molar refractivity (Wildman–Crippen MR) is 62.2 cm³/mol. The first-order valence-corrected chi connectivity index (χ1v) is 7.54. The van der Waals surface area contributed by atoms with Crippen LogP contribution in [0.5, 0.6) is 0 Å². The van der Waals surface area contributed by atoms with E-state index in [1.54, 1.807) is 6.08 Å². The van der Waals surface area contributed by atoms with Crippen LogP contribution in [0.2, 0.25) is 0 Å². The minimum absolute atomic E-state index is 0.0281. The van der Waals surface area contributed by atoms with Crippen LogP contribution in [-0.2, 0) is 14.6 Å². The average Bonchev–Trinajstić information content (AvgIpc) is 2.28. The predicted octanol–water partition coefficient (Wildman–Crippen LogP) is 0.626. The number of carbonyl (C=O) groups is 1. The molecule has 1 saturated carbocycles. The van der Waals surface area contributed by atoms with Gasteiger partial charge in [-0.1, -0.05) is 12.5 Å². The zero-order chi connectivity index (χ0) is 12.6. The lowest BCUT2D eigenvalue weighted by atomic mass is 9.72. The van der Waals surface area contributed by atoms with E-state index in [-0.39, 0.29) is 23.3 Å². The van der Waals surface area contributed by atoms with Crippen molar-refractivity contribution in [1.29, 1.82) is 0 Å². The molecular weight excluding hydrogens is 240 g/mol. The second kappa shape index (κ2) is 4.20. The molecule has 3 unspecified atom stereocenters. The van der Waals surface area contributed by atoms with E-state index in [9.17, 15) is 13.2 Å². The van der Waals surface area contributed by atoms with Crippen molar-refractivity contribution in [2.45, 2.75) is 24.5 Å². The van der Waals surface area contributed by atoms with Gasteiger partial charge in [0.25, 0.3) is 0 Å². The molecule has 1 fully saturated rings. The van der Waals surface area contributed by atoms with Crippen molar-refractivity contribution in [3.63, 3.8) is 0 Å². The molecule has 0 aromatic rings. The summed E-state index contributed by atoms with van der Waals surface area (Å²) in [5, 5.41) is -0.485. The van der Waals surface area contributed by atoms with Gasteiger partial charge < -0.3 is 5.53 Å². The number of nitrogens with zero attached hydrogens (tertiary/aromatic N) is 2. The van der Waals surface area contributed by atoms with Crippen molar-refractivity contribution in [3.05, 3.63) is 17.7 Å². The molecule has 0 radical (unpaired) electrons. The lowest BCUT2D eigenvalue weighted by molar-refractivity contribution is -0.122. The first-order valence-electron chi connectivity index (χ1n) is 5.58. The fourth-order valence-electron chi connectivity index (χ4n) is 2.80. The van der Waals surface area contributed by atoms with Gasteiger partial charge in [-0.2, -0.15) is 4.79 Å². The van der Waals surface area contributed by atoms with Crippen molar-refractivity contribution in [2.75, 3.05) is 6.26 Å². The molecule has 5 nitrogen and oxygen atoms in total. The molecule has 0 amide bonds. The van der Waals surface area contributed by atoms with Crippen molar-refractivity contribution >= 4 is 21.3 Å². The van der Waals surface area contributed by atoms with Crippen molar-refractivity contribution in [1.82, 2.24) is 0 Å². The summed E-state index contributed by atoms with van der Waals surface area (Å²) in [5.74, 6) is -0.857. The highest BCUT2D eigenvalue weighted by Gasteiger charge is 2.45. The lowest BCUT2D eigenvalue weighted by Gasteiger charge is -2.35. The van der Waals surface area contributed by atoms with E-state index in [0.717, 1.165) is 6.42 Å². The summed E-state index contributed by atoms with van der Waals surface area (Å²) in [6.45, 7) is 0. The van der Waals surface area contributed by atoms with Crippen LogP contribution in [0.25, 0.3) is 5.53 Å². The second-order valence-corrected chi connectivity index (χ2v) is 6.96. The second-order valence-electron chi connectivity index (χ2n) is 4.69. The zero-order valence-electron chi connectivity index (χ0n) is 9.54. The van der Waals surface area contributed by atoms with Gasteiger partial charge in [-0.15, -0.1) is 0 Å². The molecule has 92 valence electrons. The standard InChI is InChI=1S/C11H14N2O3S/c1-17(15,16)10-4-2-3-8-7(10)5-6-9(13-12)11(8)14/h5-8,10H,2-4H2,1H3. The number of carbonyl (C=O) groups excluding carboxylic acids is 1. The molecule has 0 heterocycles. The molecule has 0 N–H and O–H groups in total. The van der Waals surface area contributed by atoms with Gasteiger partial charge in [0.15, 0.2) is 9.84 Å². The number of allylic oxidation sites excluding steroid dienone is 2. The maximum Gasteiger partial charge on any atom is 0.357 e. The van der Waals surface area contributed by atoms with Gasteiger partial charge in [-0.25, -0.2) is 8.42 Å². The van der Waals surface area contributed by atoms with E-state index in [1.807, 2.05) is 0 Å². The Hall–Kier alpha value is -1.26. The lowest BCUT2D eigenvalue weighted by Crippen LogP contribution is -2.44. The van der Waals surface area contributed by atoms with Crippen LogP contribution in [0, 0.1) is 11.8 Å². The van der Waals surface area contributed by atoms with Gasteiger partial charge in [-0.05, 0) is 12.8 Å². The molecule has 0 aliphatic heterocycles. The Morgan fingerprint density at radius 3 is 2.71 bits per heavy atom. The monoisotopic (exact) mass is 254 g/mol. The highest BCUT2D eigenvalue weighted by Crippen LogP contribution is 2.37. The number of hydrogen-bond acceptors (Lipinski definition) is 3. The van der Waals surface area contributed by atoms with Crippen LogP contribution in [0.4, 0.5) is 0 Å². The number of hydrogen-bond donors (Lipinski definition) is 0. The smallest absolute Gasteiger partial charge is 0.357 e. The molecule has 6 heteroatoms. The quantitative estimate of drug-likeness (QED) is 0.507. The van der Waals surface area contributed by atoms with Crippen molar-refractivity contribution in [2.24, 2.45) is 11.8 Å². The highest BCUT2D eigenvalue weighted by atomic mass is 32.2. The first kappa shape index (κ1) is 12.2. The van der Waals surface area contributed by atoms with Gasteiger partial charge >= 0.3 is 5.71 Å². The Bertz CT molecular complexity index is 529. The summed E-state index contributed by atoms with van der Waals surface area (Å²) >= 11 is 0. The summed E-state index contributed by atoms with van der Waals surface area (Å²) in [7, 11) is -3.15. The van der Waals surface area contributed by atoms with Crippen LogP contribution in [0.15, 0.2) is 12.2 Å². The molecule has 0 aromatic heterocycles. The average molecular weight is 254 g/mol. The molecule has 3 atom stereocenters. The van der Waals surface area contributed by atoms with Gasteiger partial charge in [0.1, 0.15) is 0 Å². The van der Waals surface area contributed by atoms with E-state index in [0.29, 0.717) is 12.8 Å². The SMILES string of the molecule is CS(=O)(=O)C1CCCC2C(=O)C(=[N+]=[N-])C=CC21. The molecule has 0 bridgehead atoms. The van der Waals surface area contributed by atoms with Crippen LogP contribution in [0.1, 0.15) is 19.3 Å². The number of fused-ring (bicyclic) bond motifs is 1. The summed E-state index contributed by atoms with van der Waals surface area (Å²) in [5.41, 5.74) is 8.70. The van der Waals surface area contributed by atoms with Crippen molar-refractivity contribution in [3.8, 4) is 0 Å².